The monoisotopic (exact) mass is 295 g/mol. The fourth-order valence-corrected chi connectivity index (χ4v) is 2.87. The fraction of sp³-hybridized carbons (Fsp3) is 0.643. The lowest BCUT2D eigenvalue weighted by Crippen LogP contribution is -2.40. The Morgan fingerprint density at radius 1 is 1.30 bits per heavy atom. The molecule has 0 unspecified atom stereocenters. The third-order valence-electron chi connectivity index (χ3n) is 3.95. The average Bonchev–Trinajstić information content (AvgIpc) is 3.27. The van der Waals surface area contributed by atoms with Gasteiger partial charge in [0.2, 0.25) is 5.91 Å². The molecular weight excluding hydrogens is 278 g/mol. The fourth-order valence-electron chi connectivity index (χ4n) is 2.69. The van der Waals surface area contributed by atoms with Gasteiger partial charge in [-0.05, 0) is 32.1 Å². The van der Waals surface area contributed by atoms with E-state index in [0.29, 0.717) is 5.82 Å². The van der Waals surface area contributed by atoms with Gasteiger partial charge < -0.3 is 4.90 Å². The lowest BCUT2D eigenvalue weighted by molar-refractivity contribution is -0.132. The smallest absolute Gasteiger partial charge is 0.255 e. The number of halogens is 1. The van der Waals surface area contributed by atoms with Gasteiger partial charge in [-0.2, -0.15) is 0 Å². The standard InChI is InChI=1S/C14H18ClN3O2/c15-11-8-12(19)18(14(16-11)10-4-5-10)9-13(20)17-6-2-1-3-7-17/h8,10H,1-7,9H2. The van der Waals surface area contributed by atoms with E-state index in [2.05, 4.69) is 4.98 Å². The molecule has 0 N–H and O–H groups in total. The van der Waals surface area contributed by atoms with Crippen LogP contribution >= 0.6 is 11.6 Å². The molecule has 5 nitrogen and oxygen atoms in total. The minimum absolute atomic E-state index is 0.0119. The van der Waals surface area contributed by atoms with Crippen molar-refractivity contribution in [1.29, 1.82) is 0 Å². The second-order valence-electron chi connectivity index (χ2n) is 5.58. The predicted molar refractivity (Wildman–Crippen MR) is 75.9 cm³/mol. The molecule has 108 valence electrons. The van der Waals surface area contributed by atoms with E-state index < -0.39 is 0 Å². The van der Waals surface area contributed by atoms with Gasteiger partial charge in [-0.3, -0.25) is 14.2 Å². The zero-order valence-electron chi connectivity index (χ0n) is 11.3. The molecule has 1 aromatic rings. The van der Waals surface area contributed by atoms with Crippen LogP contribution in [-0.2, 0) is 11.3 Å². The molecule has 0 aromatic carbocycles. The van der Waals surface area contributed by atoms with Crippen molar-refractivity contribution in [3.63, 3.8) is 0 Å². The molecule has 6 heteroatoms. The van der Waals surface area contributed by atoms with Crippen LogP contribution in [0.4, 0.5) is 0 Å². The van der Waals surface area contributed by atoms with Crippen LogP contribution in [0, 0.1) is 0 Å². The van der Waals surface area contributed by atoms with Crippen LogP contribution in [0.25, 0.3) is 0 Å². The first-order valence-electron chi connectivity index (χ1n) is 7.20. The first-order chi connectivity index (χ1) is 9.65. The number of piperidine rings is 1. The molecule has 1 amide bonds. The highest BCUT2D eigenvalue weighted by atomic mass is 35.5. The zero-order chi connectivity index (χ0) is 14.1. The Morgan fingerprint density at radius 3 is 2.65 bits per heavy atom. The number of hydrogen-bond acceptors (Lipinski definition) is 3. The van der Waals surface area contributed by atoms with Crippen LogP contribution in [-0.4, -0.2) is 33.4 Å². The Bertz CT molecular complexity index is 574. The van der Waals surface area contributed by atoms with Crippen LogP contribution in [0.3, 0.4) is 0 Å². The predicted octanol–water partition coefficient (Wildman–Crippen LogP) is 1.79. The summed E-state index contributed by atoms with van der Waals surface area (Å²) in [6.45, 7) is 1.69. The number of likely N-dealkylation sites (tertiary alicyclic amines) is 1. The largest absolute Gasteiger partial charge is 0.341 e. The first kappa shape index (κ1) is 13.6. The molecular formula is C14H18ClN3O2. The summed E-state index contributed by atoms with van der Waals surface area (Å²) in [4.78, 5) is 30.5. The number of nitrogens with zero attached hydrogens (tertiary/aromatic N) is 3. The number of aromatic nitrogens is 2. The summed E-state index contributed by atoms with van der Waals surface area (Å²) in [7, 11) is 0. The molecule has 0 radical (unpaired) electrons. The molecule has 0 spiro atoms. The molecule has 20 heavy (non-hydrogen) atoms. The average molecular weight is 296 g/mol. The second kappa shape index (κ2) is 5.56. The van der Waals surface area contributed by atoms with Gasteiger partial charge in [0.15, 0.2) is 0 Å². The van der Waals surface area contributed by atoms with Gasteiger partial charge >= 0.3 is 0 Å². The minimum atomic E-state index is -0.225. The number of carbonyl (C=O) groups excluding carboxylic acids is 1. The van der Waals surface area contributed by atoms with E-state index in [1.165, 1.54) is 17.1 Å². The molecule has 1 saturated carbocycles. The van der Waals surface area contributed by atoms with E-state index in [0.717, 1.165) is 38.8 Å². The van der Waals surface area contributed by atoms with Crippen molar-refractivity contribution in [2.75, 3.05) is 13.1 Å². The highest BCUT2D eigenvalue weighted by molar-refractivity contribution is 6.29. The molecule has 0 bridgehead atoms. The number of amides is 1. The normalized spacial score (nSPS) is 19.1. The van der Waals surface area contributed by atoms with E-state index in [1.807, 2.05) is 4.90 Å². The van der Waals surface area contributed by atoms with E-state index >= 15 is 0 Å². The molecule has 1 aliphatic heterocycles. The third-order valence-corrected chi connectivity index (χ3v) is 4.14. The van der Waals surface area contributed by atoms with Crippen molar-refractivity contribution in [2.45, 2.75) is 44.6 Å². The molecule has 1 aliphatic carbocycles. The summed E-state index contributed by atoms with van der Waals surface area (Å²) < 4.78 is 1.50. The Hall–Kier alpha value is -1.36. The zero-order valence-corrected chi connectivity index (χ0v) is 12.1. The van der Waals surface area contributed by atoms with Gasteiger partial charge in [-0.1, -0.05) is 11.6 Å². The summed E-state index contributed by atoms with van der Waals surface area (Å²) in [5, 5.41) is 0.221. The summed E-state index contributed by atoms with van der Waals surface area (Å²) in [5.74, 6) is 0.973. The van der Waals surface area contributed by atoms with E-state index in [1.54, 1.807) is 0 Å². The van der Waals surface area contributed by atoms with Gasteiger partial charge in [-0.25, -0.2) is 4.98 Å². The topological polar surface area (TPSA) is 55.2 Å². The van der Waals surface area contributed by atoms with Crippen molar-refractivity contribution in [3.05, 3.63) is 27.4 Å². The Balaban J connectivity index is 1.82. The Kier molecular flexibility index (Phi) is 3.78. The van der Waals surface area contributed by atoms with Crippen LogP contribution in [0.2, 0.25) is 5.15 Å². The van der Waals surface area contributed by atoms with Crippen molar-refractivity contribution in [3.8, 4) is 0 Å². The van der Waals surface area contributed by atoms with Crippen molar-refractivity contribution in [1.82, 2.24) is 14.5 Å². The first-order valence-corrected chi connectivity index (χ1v) is 7.58. The minimum Gasteiger partial charge on any atom is -0.341 e. The third kappa shape index (κ3) is 2.87. The van der Waals surface area contributed by atoms with Crippen LogP contribution in [0.5, 0.6) is 0 Å². The van der Waals surface area contributed by atoms with Gasteiger partial charge in [0.1, 0.15) is 17.5 Å². The van der Waals surface area contributed by atoms with Crippen LogP contribution in [0.15, 0.2) is 10.9 Å². The molecule has 2 fully saturated rings. The summed E-state index contributed by atoms with van der Waals surface area (Å²) in [6.07, 6.45) is 5.32. The van der Waals surface area contributed by atoms with E-state index in [4.69, 9.17) is 11.6 Å². The summed E-state index contributed by atoms with van der Waals surface area (Å²) >= 11 is 5.86. The number of rotatable bonds is 3. The molecule has 1 saturated heterocycles. The number of carbonyl (C=O) groups is 1. The maximum atomic E-state index is 12.3. The van der Waals surface area contributed by atoms with Gasteiger partial charge in [0, 0.05) is 25.1 Å². The molecule has 2 heterocycles. The molecule has 2 aliphatic rings. The maximum Gasteiger partial charge on any atom is 0.255 e. The second-order valence-corrected chi connectivity index (χ2v) is 5.96. The van der Waals surface area contributed by atoms with Crippen LogP contribution in [0.1, 0.15) is 43.8 Å². The Labute approximate surface area is 122 Å². The quantitative estimate of drug-likeness (QED) is 0.799. The van der Waals surface area contributed by atoms with Gasteiger partial charge in [0.25, 0.3) is 5.56 Å². The molecule has 1 aromatic heterocycles. The molecule has 3 rings (SSSR count). The SMILES string of the molecule is O=C(Cn1c(C2CC2)nc(Cl)cc1=O)N1CCCCC1. The summed E-state index contributed by atoms with van der Waals surface area (Å²) in [6, 6.07) is 1.29. The highest BCUT2D eigenvalue weighted by Gasteiger charge is 2.30. The molecule has 0 atom stereocenters. The van der Waals surface area contributed by atoms with Crippen molar-refractivity contribution >= 4 is 17.5 Å². The highest BCUT2D eigenvalue weighted by Crippen LogP contribution is 2.38. The van der Waals surface area contributed by atoms with Crippen molar-refractivity contribution < 1.29 is 4.79 Å². The maximum absolute atomic E-state index is 12.3. The van der Waals surface area contributed by atoms with Crippen LogP contribution < -0.4 is 5.56 Å². The van der Waals surface area contributed by atoms with Crippen molar-refractivity contribution in [2.24, 2.45) is 0 Å². The van der Waals surface area contributed by atoms with Gasteiger partial charge in [0.05, 0.1) is 0 Å². The number of hydrogen-bond donors (Lipinski definition) is 0. The van der Waals surface area contributed by atoms with E-state index in [9.17, 15) is 9.59 Å². The lowest BCUT2D eigenvalue weighted by Gasteiger charge is -2.27. The Morgan fingerprint density at radius 2 is 2.00 bits per heavy atom. The van der Waals surface area contributed by atoms with E-state index in [-0.39, 0.29) is 29.1 Å². The lowest BCUT2D eigenvalue weighted by atomic mass is 10.1. The van der Waals surface area contributed by atoms with Gasteiger partial charge in [-0.15, -0.1) is 0 Å². The summed E-state index contributed by atoms with van der Waals surface area (Å²) in [5.41, 5.74) is -0.225.